The molecule has 1 aliphatic heterocycles. The van der Waals surface area contributed by atoms with Crippen LogP contribution in [0.25, 0.3) is 0 Å². The van der Waals surface area contributed by atoms with Crippen molar-refractivity contribution in [3.05, 3.63) is 88.5 Å². The molecule has 7 nitrogen and oxygen atoms in total. The van der Waals surface area contributed by atoms with Crippen molar-refractivity contribution < 1.29 is 18.0 Å². The van der Waals surface area contributed by atoms with E-state index in [1.807, 2.05) is 32.0 Å². The van der Waals surface area contributed by atoms with Gasteiger partial charge >= 0.3 is 0 Å². The summed E-state index contributed by atoms with van der Waals surface area (Å²) in [7, 11) is -4.00. The Morgan fingerprint density at radius 3 is 2.33 bits per heavy atom. The summed E-state index contributed by atoms with van der Waals surface area (Å²) in [6, 6.07) is 16.8. The van der Waals surface area contributed by atoms with Crippen LogP contribution in [0.15, 0.2) is 70.5 Å². The van der Waals surface area contributed by atoms with Crippen LogP contribution in [0.2, 0.25) is 0 Å². The summed E-state index contributed by atoms with van der Waals surface area (Å²) < 4.78 is 27.5. The highest BCUT2D eigenvalue weighted by molar-refractivity contribution is 7.91. The van der Waals surface area contributed by atoms with Gasteiger partial charge in [0.1, 0.15) is 0 Å². The quantitative estimate of drug-likeness (QED) is 0.379. The van der Waals surface area contributed by atoms with Gasteiger partial charge in [-0.25, -0.2) is 8.42 Å². The third kappa shape index (κ3) is 6.07. The van der Waals surface area contributed by atoms with E-state index in [1.165, 1.54) is 29.2 Å². The zero-order valence-corrected chi connectivity index (χ0v) is 24.0. The molecule has 0 radical (unpaired) electrons. The summed E-state index contributed by atoms with van der Waals surface area (Å²) in [6.07, 6.45) is 2.08. The zero-order chi connectivity index (χ0) is 28.2. The van der Waals surface area contributed by atoms with E-state index in [4.69, 9.17) is 0 Å². The van der Waals surface area contributed by atoms with Crippen molar-refractivity contribution in [2.24, 2.45) is 0 Å². The molecule has 0 spiro atoms. The number of fused-ring (bicyclic) bond motifs is 2. The third-order valence-corrected chi connectivity index (χ3v) is 8.94. The van der Waals surface area contributed by atoms with Gasteiger partial charge in [0, 0.05) is 18.7 Å². The highest BCUT2D eigenvalue weighted by atomic mass is 32.2. The van der Waals surface area contributed by atoms with Crippen molar-refractivity contribution in [3.8, 4) is 0 Å². The molecule has 0 aliphatic carbocycles. The van der Waals surface area contributed by atoms with Crippen LogP contribution in [0.3, 0.4) is 0 Å². The molecule has 0 saturated heterocycles. The molecule has 0 aromatic heterocycles. The summed E-state index contributed by atoms with van der Waals surface area (Å²) >= 11 is 0. The molecule has 1 heterocycles. The maximum absolute atomic E-state index is 13.9. The Morgan fingerprint density at radius 1 is 0.897 bits per heavy atom. The van der Waals surface area contributed by atoms with Crippen molar-refractivity contribution in [3.63, 3.8) is 0 Å². The lowest BCUT2D eigenvalue weighted by Gasteiger charge is -2.25. The number of hydrogen-bond acceptors (Lipinski definition) is 5. The first-order valence-corrected chi connectivity index (χ1v) is 15.0. The Morgan fingerprint density at radius 2 is 1.62 bits per heavy atom. The van der Waals surface area contributed by atoms with Gasteiger partial charge in [-0.1, -0.05) is 49.7 Å². The molecule has 0 unspecified atom stereocenters. The monoisotopic (exact) mass is 547 g/mol. The van der Waals surface area contributed by atoms with Crippen LogP contribution in [0.5, 0.6) is 0 Å². The lowest BCUT2D eigenvalue weighted by molar-refractivity contribution is 0.0945. The third-order valence-electron chi connectivity index (χ3n) is 7.08. The molecule has 1 aliphatic rings. The minimum atomic E-state index is -4.00. The van der Waals surface area contributed by atoms with E-state index in [2.05, 4.69) is 24.1 Å². The molecule has 0 bridgehead atoms. The second kappa shape index (κ2) is 12.1. The van der Waals surface area contributed by atoms with Crippen molar-refractivity contribution in [1.82, 2.24) is 10.2 Å². The molecule has 2 amide bonds. The molecule has 3 aromatic carbocycles. The molecule has 0 fully saturated rings. The van der Waals surface area contributed by atoms with E-state index in [1.54, 1.807) is 18.2 Å². The number of carbonyl (C=O) groups excluding carboxylic acids is 2. The van der Waals surface area contributed by atoms with Gasteiger partial charge in [0.15, 0.2) is 0 Å². The minimum absolute atomic E-state index is 0.0136. The topological polar surface area (TPSA) is 86.8 Å². The molecule has 3 aromatic rings. The summed E-state index contributed by atoms with van der Waals surface area (Å²) in [5.74, 6) is -0.717. The van der Waals surface area contributed by atoms with Gasteiger partial charge in [0.2, 0.25) is 9.84 Å². The Hall–Kier alpha value is -3.49. The Bertz CT molecular complexity index is 1480. The number of sulfone groups is 1. The minimum Gasteiger partial charge on any atom is -0.351 e. The van der Waals surface area contributed by atoms with Crippen LogP contribution in [-0.4, -0.2) is 51.3 Å². The number of carbonyl (C=O) groups is 2. The number of hydrogen-bond donors (Lipinski definition) is 1. The normalized spacial score (nSPS) is 14.1. The first-order valence-electron chi connectivity index (χ1n) is 13.5. The van der Waals surface area contributed by atoms with E-state index in [0.717, 1.165) is 49.2 Å². The van der Waals surface area contributed by atoms with Gasteiger partial charge in [0.05, 0.1) is 27.6 Å². The molecule has 0 atom stereocenters. The zero-order valence-electron chi connectivity index (χ0n) is 23.2. The molecular weight excluding hydrogens is 510 g/mol. The molecular formula is C31H37N3O4S. The number of amides is 2. The van der Waals surface area contributed by atoms with Crippen molar-refractivity contribution in [2.75, 3.05) is 31.1 Å². The second-order valence-corrected chi connectivity index (χ2v) is 12.0. The summed E-state index contributed by atoms with van der Waals surface area (Å²) in [6.45, 7) is 11.5. The summed E-state index contributed by atoms with van der Waals surface area (Å²) in [5, 5.41) is 2.97. The van der Waals surface area contributed by atoms with Crippen LogP contribution in [0, 0.1) is 13.8 Å². The Labute approximate surface area is 231 Å². The number of anilines is 1. The number of benzene rings is 3. The second-order valence-electron chi connectivity index (χ2n) is 10.1. The fraction of sp³-hybridized carbons (Fsp3) is 0.355. The van der Waals surface area contributed by atoms with E-state index >= 15 is 0 Å². The van der Waals surface area contributed by atoms with Crippen LogP contribution in [-0.2, 0) is 16.4 Å². The van der Waals surface area contributed by atoms with Crippen molar-refractivity contribution >= 4 is 27.3 Å². The number of aryl methyl sites for hydroxylation is 2. The lowest BCUT2D eigenvalue weighted by atomic mass is 10.0. The van der Waals surface area contributed by atoms with E-state index < -0.39 is 15.7 Å². The standard InChI is InChI=1S/C31H37N3O4S/c1-5-16-33(17-6-2)18-15-32-30(35)24-13-14-29-27(20-24)34(21-25-19-22(3)11-12-23(25)4)31(36)26-9-7-8-10-28(26)39(29,37)38/h7-14,19-20H,5-6,15-18,21H2,1-4H3,(H,32,35). The van der Waals surface area contributed by atoms with Crippen LogP contribution < -0.4 is 10.2 Å². The van der Waals surface area contributed by atoms with E-state index in [9.17, 15) is 18.0 Å². The fourth-order valence-corrected chi connectivity index (χ4v) is 6.67. The van der Waals surface area contributed by atoms with Gasteiger partial charge in [-0.3, -0.25) is 9.59 Å². The predicted octanol–water partition coefficient (Wildman–Crippen LogP) is 5.15. The Kier molecular flexibility index (Phi) is 8.87. The number of nitrogens with zero attached hydrogens (tertiary/aromatic N) is 2. The SMILES string of the molecule is CCCN(CCC)CCNC(=O)c1ccc2c(c1)N(Cc1cc(C)ccc1C)C(=O)c1ccccc1S2(=O)=O. The summed E-state index contributed by atoms with van der Waals surface area (Å²) in [4.78, 5) is 30.8. The van der Waals surface area contributed by atoms with Gasteiger partial charge in [-0.2, -0.15) is 0 Å². The fourth-order valence-electron chi connectivity index (χ4n) is 5.04. The first kappa shape index (κ1) is 28.5. The molecule has 39 heavy (non-hydrogen) atoms. The van der Waals surface area contributed by atoms with Crippen LogP contribution in [0.1, 0.15) is 64.1 Å². The average Bonchev–Trinajstić information content (AvgIpc) is 2.98. The molecule has 206 valence electrons. The highest BCUT2D eigenvalue weighted by Crippen LogP contribution is 2.38. The van der Waals surface area contributed by atoms with Crippen molar-refractivity contribution in [2.45, 2.75) is 56.9 Å². The smallest absolute Gasteiger partial charge is 0.259 e. The molecule has 1 N–H and O–H groups in total. The Balaban J connectivity index is 1.73. The molecule has 4 rings (SSSR count). The molecule has 8 heteroatoms. The maximum atomic E-state index is 13.9. The largest absolute Gasteiger partial charge is 0.351 e. The number of nitrogens with one attached hydrogen (secondary N) is 1. The van der Waals surface area contributed by atoms with Gasteiger partial charge in [-0.05, 0) is 81.2 Å². The maximum Gasteiger partial charge on any atom is 0.259 e. The number of rotatable bonds is 10. The van der Waals surface area contributed by atoms with E-state index in [0.29, 0.717) is 12.1 Å². The van der Waals surface area contributed by atoms with Gasteiger partial charge in [-0.15, -0.1) is 0 Å². The molecule has 0 saturated carbocycles. The highest BCUT2D eigenvalue weighted by Gasteiger charge is 2.36. The van der Waals surface area contributed by atoms with E-state index in [-0.39, 0.29) is 33.5 Å². The van der Waals surface area contributed by atoms with Crippen LogP contribution >= 0.6 is 0 Å². The van der Waals surface area contributed by atoms with Crippen LogP contribution in [0.4, 0.5) is 5.69 Å². The average molecular weight is 548 g/mol. The van der Waals surface area contributed by atoms with Gasteiger partial charge in [0.25, 0.3) is 11.8 Å². The van der Waals surface area contributed by atoms with Gasteiger partial charge < -0.3 is 15.1 Å². The summed E-state index contributed by atoms with van der Waals surface area (Å²) in [5.41, 5.74) is 3.59. The predicted molar refractivity (Wildman–Crippen MR) is 154 cm³/mol. The lowest BCUT2D eigenvalue weighted by Crippen LogP contribution is -2.36. The first-order chi connectivity index (χ1) is 18.7. The van der Waals surface area contributed by atoms with Crippen molar-refractivity contribution in [1.29, 1.82) is 0 Å².